The number of esters is 1. The summed E-state index contributed by atoms with van der Waals surface area (Å²) in [5.41, 5.74) is 0. The molecule has 0 fully saturated rings. The molecule has 0 saturated heterocycles. The minimum absolute atomic E-state index is 0.0100. The summed E-state index contributed by atoms with van der Waals surface area (Å²) >= 11 is 0. The van der Waals surface area contributed by atoms with E-state index in [0.29, 0.717) is 19.3 Å². The summed E-state index contributed by atoms with van der Waals surface area (Å²) < 4.78 is 5.85. The number of nitrogens with one attached hydrogen (secondary N) is 1. The molecule has 0 aromatic rings. The van der Waals surface area contributed by atoms with E-state index in [9.17, 15) is 19.8 Å². The van der Waals surface area contributed by atoms with Crippen LogP contribution in [0, 0.1) is 0 Å². The molecule has 0 radical (unpaired) electrons. The van der Waals surface area contributed by atoms with E-state index in [1.807, 2.05) is 66.8 Å². The summed E-state index contributed by atoms with van der Waals surface area (Å²) in [5, 5.41) is 23.7. The molecule has 3 unspecified atom stereocenters. The molecule has 0 spiro atoms. The molecule has 0 saturated carbocycles. The van der Waals surface area contributed by atoms with Crippen LogP contribution in [0.3, 0.4) is 0 Å². The highest BCUT2D eigenvalue weighted by Gasteiger charge is 2.24. The monoisotopic (exact) mass is 820 g/mol. The van der Waals surface area contributed by atoms with Crippen molar-refractivity contribution in [3.05, 3.63) is 97.2 Å². The van der Waals surface area contributed by atoms with Crippen molar-refractivity contribution in [3.63, 3.8) is 0 Å². The van der Waals surface area contributed by atoms with Gasteiger partial charge in [0.15, 0.2) is 0 Å². The average Bonchev–Trinajstić information content (AvgIpc) is 3.23. The van der Waals surface area contributed by atoms with E-state index in [1.165, 1.54) is 83.5 Å². The van der Waals surface area contributed by atoms with Crippen LogP contribution in [0.2, 0.25) is 0 Å². The van der Waals surface area contributed by atoms with Gasteiger partial charge in [0.25, 0.3) is 0 Å². The third kappa shape index (κ3) is 41.3. The molecule has 0 rings (SSSR count). The Morgan fingerprint density at radius 1 is 0.508 bits per heavy atom. The summed E-state index contributed by atoms with van der Waals surface area (Å²) in [7, 11) is 0. The quantitative estimate of drug-likeness (QED) is 0.0324. The number of carbonyl (C=O) groups is 2. The van der Waals surface area contributed by atoms with Crippen molar-refractivity contribution < 1.29 is 24.5 Å². The molecule has 0 aliphatic carbocycles. The van der Waals surface area contributed by atoms with Crippen LogP contribution in [-0.2, 0) is 14.3 Å². The third-order valence-corrected chi connectivity index (χ3v) is 10.3. The molecule has 0 heterocycles. The first kappa shape index (κ1) is 55.8. The Hall–Kier alpha value is -3.22. The highest BCUT2D eigenvalue weighted by Crippen LogP contribution is 2.17. The van der Waals surface area contributed by atoms with Crippen LogP contribution < -0.4 is 5.32 Å². The van der Waals surface area contributed by atoms with Crippen LogP contribution in [0.5, 0.6) is 0 Å². The first-order valence-corrected chi connectivity index (χ1v) is 24.1. The number of hydrogen-bond acceptors (Lipinski definition) is 5. The maximum Gasteiger partial charge on any atom is 0.306 e. The Morgan fingerprint density at radius 3 is 1.41 bits per heavy atom. The van der Waals surface area contributed by atoms with E-state index in [4.69, 9.17) is 4.74 Å². The molecular weight excluding hydrogens is 731 g/mol. The van der Waals surface area contributed by atoms with E-state index < -0.39 is 18.2 Å². The molecular formula is C53H89NO5. The van der Waals surface area contributed by atoms with Gasteiger partial charge in [0, 0.05) is 6.42 Å². The lowest BCUT2D eigenvalue weighted by Crippen LogP contribution is -2.46. The fourth-order valence-electron chi connectivity index (χ4n) is 6.75. The van der Waals surface area contributed by atoms with Crippen molar-refractivity contribution in [2.75, 3.05) is 6.61 Å². The zero-order valence-corrected chi connectivity index (χ0v) is 38.1. The molecule has 6 nitrogen and oxygen atoms in total. The third-order valence-electron chi connectivity index (χ3n) is 10.3. The lowest BCUT2D eigenvalue weighted by atomic mass is 10.0. The maximum atomic E-state index is 13.1. The smallest absolute Gasteiger partial charge is 0.306 e. The van der Waals surface area contributed by atoms with Crippen LogP contribution in [0.15, 0.2) is 97.2 Å². The number of amides is 1. The lowest BCUT2D eigenvalue weighted by molar-refractivity contribution is -0.151. The number of hydrogen-bond donors (Lipinski definition) is 3. The molecule has 3 N–H and O–H groups in total. The zero-order valence-electron chi connectivity index (χ0n) is 38.1. The largest absolute Gasteiger partial charge is 0.462 e. The zero-order chi connectivity index (χ0) is 43.1. The van der Waals surface area contributed by atoms with Gasteiger partial charge in [0.2, 0.25) is 5.91 Å². The Labute approximate surface area is 363 Å². The molecule has 0 aromatic heterocycles. The van der Waals surface area contributed by atoms with E-state index in [-0.39, 0.29) is 24.9 Å². The average molecular weight is 820 g/mol. The molecule has 59 heavy (non-hydrogen) atoms. The van der Waals surface area contributed by atoms with Crippen LogP contribution in [0.1, 0.15) is 201 Å². The normalized spacial score (nSPS) is 14.2. The van der Waals surface area contributed by atoms with Crippen molar-refractivity contribution in [1.82, 2.24) is 5.32 Å². The van der Waals surface area contributed by atoms with Crippen LogP contribution >= 0.6 is 0 Å². The summed E-state index contributed by atoms with van der Waals surface area (Å²) in [6.45, 7) is 6.16. The van der Waals surface area contributed by atoms with Crippen molar-refractivity contribution in [2.45, 2.75) is 219 Å². The number of allylic oxidation sites excluding steroid dienone is 16. The maximum absolute atomic E-state index is 13.1. The molecule has 0 aliphatic heterocycles. The number of ether oxygens (including phenoxy) is 1. The predicted octanol–water partition coefficient (Wildman–Crippen LogP) is 14.2. The number of unbranched alkanes of at least 4 members (excludes halogenated alkanes) is 19. The Balaban J connectivity index is 4.65. The number of rotatable bonds is 41. The molecule has 3 atom stereocenters. The first-order chi connectivity index (χ1) is 29.0. The summed E-state index contributed by atoms with van der Waals surface area (Å²) in [5.74, 6) is -0.598. The Bertz CT molecular complexity index is 1190. The van der Waals surface area contributed by atoms with Crippen molar-refractivity contribution in [2.24, 2.45) is 0 Å². The van der Waals surface area contributed by atoms with Gasteiger partial charge < -0.3 is 20.3 Å². The molecule has 336 valence electrons. The van der Waals surface area contributed by atoms with E-state index in [1.54, 1.807) is 0 Å². The SMILES string of the molecule is CC/C=C/C=C/C=C\C=C/CCCCCC(=O)OC(CCC\C=C/C=C\C=C\C=C\CC)CC(=O)NC(CO)C(O)CCCCCCCCCCCCCCCCCC. The second kappa shape index (κ2) is 45.9. The van der Waals surface area contributed by atoms with Crippen molar-refractivity contribution in [1.29, 1.82) is 0 Å². The van der Waals surface area contributed by atoms with Crippen LogP contribution in [0.4, 0.5) is 0 Å². The van der Waals surface area contributed by atoms with Crippen molar-refractivity contribution in [3.8, 4) is 0 Å². The van der Waals surface area contributed by atoms with Gasteiger partial charge in [-0.05, 0) is 57.8 Å². The van der Waals surface area contributed by atoms with Gasteiger partial charge in [-0.3, -0.25) is 9.59 Å². The number of aliphatic hydroxyl groups excluding tert-OH is 2. The van der Waals surface area contributed by atoms with Crippen LogP contribution in [0.25, 0.3) is 0 Å². The lowest BCUT2D eigenvalue weighted by Gasteiger charge is -2.24. The minimum Gasteiger partial charge on any atom is -0.462 e. The van der Waals surface area contributed by atoms with Gasteiger partial charge in [0.1, 0.15) is 6.10 Å². The van der Waals surface area contributed by atoms with E-state index >= 15 is 0 Å². The number of aliphatic hydroxyl groups is 2. The molecule has 0 aromatic carbocycles. The molecule has 0 aliphatic rings. The summed E-state index contributed by atoms with van der Waals surface area (Å²) in [4.78, 5) is 26.0. The summed E-state index contributed by atoms with van der Waals surface area (Å²) in [6.07, 6.45) is 60.5. The van der Waals surface area contributed by atoms with E-state index in [0.717, 1.165) is 70.6 Å². The van der Waals surface area contributed by atoms with Gasteiger partial charge in [-0.25, -0.2) is 0 Å². The van der Waals surface area contributed by atoms with Gasteiger partial charge in [-0.15, -0.1) is 0 Å². The molecule has 1 amide bonds. The predicted molar refractivity (Wildman–Crippen MR) is 254 cm³/mol. The highest BCUT2D eigenvalue weighted by atomic mass is 16.5. The number of carbonyl (C=O) groups excluding carboxylic acids is 2. The second-order valence-electron chi connectivity index (χ2n) is 15.9. The Kier molecular flexibility index (Phi) is 43.4. The standard InChI is InChI=1S/C53H89NO5/c1-4-7-10-13-16-19-22-24-25-26-28-30-33-36-39-42-45-51(56)50(48-55)54-52(57)47-49(44-41-38-35-32-29-21-18-15-12-9-6-3)59-53(58)46-43-40-37-34-31-27-23-20-17-14-11-8-5-2/h8-9,11-12,14-15,17-18,20-21,23,27,29,31-32,35,49-51,55-56H,4-7,10,13,16,19,22,24-26,28,30,33-34,36-48H2,1-3H3,(H,54,57)/b11-8+,12-9+,17-14+,18-15+,23-20-,29-21-,31-27-,35-32-. The van der Waals surface area contributed by atoms with Crippen LogP contribution in [-0.4, -0.2) is 46.9 Å². The minimum atomic E-state index is -0.817. The first-order valence-electron chi connectivity index (χ1n) is 24.1. The van der Waals surface area contributed by atoms with Gasteiger partial charge in [-0.2, -0.15) is 0 Å². The topological polar surface area (TPSA) is 95.9 Å². The molecule has 6 heteroatoms. The molecule has 0 bridgehead atoms. The van der Waals surface area contributed by atoms with E-state index in [2.05, 4.69) is 56.5 Å². The van der Waals surface area contributed by atoms with Gasteiger partial charge in [0.05, 0.1) is 25.2 Å². The van der Waals surface area contributed by atoms with Gasteiger partial charge in [-0.1, -0.05) is 227 Å². The van der Waals surface area contributed by atoms with Crippen molar-refractivity contribution >= 4 is 11.9 Å². The fourth-order valence-corrected chi connectivity index (χ4v) is 6.75. The Morgan fingerprint density at radius 2 is 0.932 bits per heavy atom. The van der Waals surface area contributed by atoms with Gasteiger partial charge >= 0.3 is 5.97 Å². The second-order valence-corrected chi connectivity index (χ2v) is 15.9. The summed E-state index contributed by atoms with van der Waals surface area (Å²) in [6, 6.07) is -0.736. The fraction of sp³-hybridized carbons (Fsp3) is 0.660. The highest BCUT2D eigenvalue weighted by molar-refractivity contribution is 5.77.